The summed E-state index contributed by atoms with van der Waals surface area (Å²) in [5.41, 5.74) is 9.92. The number of hydrogen-bond acceptors (Lipinski definition) is 5. The molecule has 0 aliphatic carbocycles. The SMILES string of the molecule is CO[Si](C)(CCCNCCN)OC.NC(=O)N[SiH3]. The van der Waals surface area contributed by atoms with Crippen molar-refractivity contribution < 1.29 is 13.6 Å². The quantitative estimate of drug-likeness (QED) is 0.313. The van der Waals surface area contributed by atoms with Crippen LogP contribution in [0, 0.1) is 0 Å². The lowest BCUT2D eigenvalue weighted by Gasteiger charge is -2.22. The average molecular weight is 297 g/mol. The summed E-state index contributed by atoms with van der Waals surface area (Å²) >= 11 is 0. The molecule has 0 atom stereocenters. The highest BCUT2D eigenvalue weighted by Crippen LogP contribution is 2.12. The Morgan fingerprint density at radius 2 is 1.83 bits per heavy atom. The Hall–Kier alpha value is -0.456. The molecule has 0 unspecified atom stereocenters. The third-order valence-electron chi connectivity index (χ3n) is 2.42. The van der Waals surface area contributed by atoms with Crippen LogP contribution in [-0.4, -0.2) is 58.8 Å². The maximum Gasteiger partial charge on any atom is 0.334 e. The second kappa shape index (κ2) is 13.0. The van der Waals surface area contributed by atoms with E-state index in [0.29, 0.717) is 16.9 Å². The van der Waals surface area contributed by atoms with Crippen LogP contribution in [0.4, 0.5) is 4.79 Å². The van der Waals surface area contributed by atoms with Gasteiger partial charge in [0.25, 0.3) is 0 Å². The van der Waals surface area contributed by atoms with E-state index in [2.05, 4.69) is 22.6 Å². The molecule has 110 valence electrons. The van der Waals surface area contributed by atoms with Crippen molar-refractivity contribution in [1.82, 2.24) is 10.3 Å². The molecule has 0 aliphatic heterocycles. The van der Waals surface area contributed by atoms with Crippen molar-refractivity contribution in [3.05, 3.63) is 0 Å². The maximum atomic E-state index is 9.51. The van der Waals surface area contributed by atoms with Gasteiger partial charge in [-0.3, -0.25) is 4.79 Å². The van der Waals surface area contributed by atoms with Gasteiger partial charge < -0.3 is 30.6 Å². The second-order valence-corrected chi connectivity index (χ2v) is 7.88. The van der Waals surface area contributed by atoms with Crippen LogP contribution in [0.15, 0.2) is 0 Å². The molecule has 0 saturated heterocycles. The molecule has 0 radical (unpaired) electrons. The van der Waals surface area contributed by atoms with Gasteiger partial charge in [-0.2, -0.15) is 0 Å². The van der Waals surface area contributed by atoms with Gasteiger partial charge >= 0.3 is 14.6 Å². The summed E-state index contributed by atoms with van der Waals surface area (Å²) in [6.45, 7) is 4.66. The first kappa shape index (κ1) is 19.9. The van der Waals surface area contributed by atoms with Gasteiger partial charge in [0.2, 0.25) is 0 Å². The molecular weight excluding hydrogens is 268 g/mol. The standard InChI is InChI=1S/C8H22N2O2Si.CH6N2OSi/c1-11-13(3,12-2)8-4-6-10-7-5-9;2-1(4)3-5/h10H,4-9H2,1-3H3;5H3,(H3,2,3,4). The minimum absolute atomic E-state index is 0.434. The summed E-state index contributed by atoms with van der Waals surface area (Å²) in [6.07, 6.45) is 1.09. The third kappa shape index (κ3) is 13.6. The van der Waals surface area contributed by atoms with E-state index in [4.69, 9.17) is 14.6 Å². The van der Waals surface area contributed by atoms with E-state index in [9.17, 15) is 4.79 Å². The normalized spacial score (nSPS) is 10.7. The van der Waals surface area contributed by atoms with E-state index in [1.165, 1.54) is 0 Å². The summed E-state index contributed by atoms with van der Waals surface area (Å²) < 4.78 is 10.7. The zero-order valence-electron chi connectivity index (χ0n) is 11.9. The lowest BCUT2D eigenvalue weighted by atomic mass is 10.5. The van der Waals surface area contributed by atoms with Gasteiger partial charge in [-0.05, 0) is 25.6 Å². The molecule has 0 bridgehead atoms. The molecule has 2 amide bonds. The largest absolute Gasteiger partial charge is 0.398 e. The summed E-state index contributed by atoms with van der Waals surface area (Å²) in [5.74, 6) is 0. The Kier molecular flexibility index (Phi) is 14.3. The second-order valence-electron chi connectivity index (χ2n) is 3.80. The Labute approximate surface area is 114 Å². The predicted molar refractivity (Wildman–Crippen MR) is 79.6 cm³/mol. The van der Waals surface area contributed by atoms with Gasteiger partial charge in [0, 0.05) is 27.3 Å². The minimum Gasteiger partial charge on any atom is -0.398 e. The summed E-state index contributed by atoms with van der Waals surface area (Å²) in [5, 5.41) is 3.24. The van der Waals surface area contributed by atoms with Crippen LogP contribution in [-0.2, 0) is 8.85 Å². The van der Waals surface area contributed by atoms with Gasteiger partial charge in [-0.1, -0.05) is 0 Å². The number of carbonyl (C=O) groups excluding carboxylic acids is 1. The molecule has 0 aromatic rings. The zero-order chi connectivity index (χ0) is 14.4. The van der Waals surface area contributed by atoms with E-state index in [1.54, 1.807) is 14.2 Å². The summed E-state index contributed by atoms with van der Waals surface area (Å²) in [6, 6.07) is 0.592. The number of nitrogens with one attached hydrogen (secondary N) is 2. The van der Waals surface area contributed by atoms with Crippen molar-refractivity contribution in [3.63, 3.8) is 0 Å². The number of primary amides is 1. The molecule has 9 heteroatoms. The van der Waals surface area contributed by atoms with E-state index >= 15 is 0 Å². The van der Waals surface area contributed by atoms with Crippen LogP contribution in [0.2, 0.25) is 12.6 Å². The number of urea groups is 1. The van der Waals surface area contributed by atoms with E-state index in [0.717, 1.165) is 25.6 Å². The molecule has 0 aromatic heterocycles. The monoisotopic (exact) mass is 296 g/mol. The number of nitrogens with two attached hydrogens (primary N) is 2. The van der Waals surface area contributed by atoms with Crippen LogP contribution >= 0.6 is 0 Å². The van der Waals surface area contributed by atoms with Crippen LogP contribution in [0.5, 0.6) is 0 Å². The lowest BCUT2D eigenvalue weighted by molar-refractivity contribution is 0.248. The Morgan fingerprint density at radius 1 is 1.33 bits per heavy atom. The molecule has 0 spiro atoms. The van der Waals surface area contributed by atoms with Gasteiger partial charge in [0.1, 0.15) is 10.4 Å². The molecule has 0 saturated carbocycles. The lowest BCUT2D eigenvalue weighted by Crippen LogP contribution is -2.37. The molecule has 0 rings (SSSR count). The fourth-order valence-corrected chi connectivity index (χ4v) is 2.44. The van der Waals surface area contributed by atoms with E-state index < -0.39 is 14.6 Å². The van der Waals surface area contributed by atoms with Gasteiger partial charge in [-0.15, -0.1) is 0 Å². The highest BCUT2D eigenvalue weighted by molar-refractivity contribution is 6.65. The van der Waals surface area contributed by atoms with Crippen LogP contribution in [0.1, 0.15) is 6.42 Å². The van der Waals surface area contributed by atoms with Crippen molar-refractivity contribution >= 4 is 25.0 Å². The molecule has 7 nitrogen and oxygen atoms in total. The van der Waals surface area contributed by atoms with Gasteiger partial charge in [0.15, 0.2) is 0 Å². The fraction of sp³-hybridized carbons (Fsp3) is 0.889. The number of carbonyl (C=O) groups is 1. The molecular formula is C9H28N4O3Si2. The Bertz CT molecular complexity index is 206. The Morgan fingerprint density at radius 3 is 2.17 bits per heavy atom. The summed E-state index contributed by atoms with van der Waals surface area (Å²) in [7, 11) is 2.27. The number of rotatable bonds is 8. The number of amides is 2. The van der Waals surface area contributed by atoms with Crippen molar-refractivity contribution in [2.75, 3.05) is 33.9 Å². The summed E-state index contributed by atoms with van der Waals surface area (Å²) in [4.78, 5) is 11.8. The first-order chi connectivity index (χ1) is 8.45. The molecule has 0 aromatic carbocycles. The van der Waals surface area contributed by atoms with E-state index in [-0.39, 0.29) is 0 Å². The topological polar surface area (TPSA) is 112 Å². The molecule has 6 N–H and O–H groups in total. The molecule has 0 heterocycles. The van der Waals surface area contributed by atoms with Gasteiger partial charge in [-0.25, -0.2) is 0 Å². The minimum atomic E-state index is -1.83. The highest BCUT2D eigenvalue weighted by atomic mass is 28.4. The third-order valence-corrected chi connectivity index (χ3v) is 5.90. The molecule has 0 fully saturated rings. The first-order valence-electron chi connectivity index (χ1n) is 5.94. The van der Waals surface area contributed by atoms with Crippen molar-refractivity contribution in [1.29, 1.82) is 0 Å². The smallest absolute Gasteiger partial charge is 0.334 e. The zero-order valence-corrected chi connectivity index (χ0v) is 14.9. The Balaban J connectivity index is 0. The highest BCUT2D eigenvalue weighted by Gasteiger charge is 2.27. The van der Waals surface area contributed by atoms with Crippen LogP contribution in [0.3, 0.4) is 0 Å². The van der Waals surface area contributed by atoms with Crippen molar-refractivity contribution in [2.24, 2.45) is 11.5 Å². The maximum absolute atomic E-state index is 9.51. The van der Waals surface area contributed by atoms with Crippen LogP contribution < -0.4 is 21.8 Å². The van der Waals surface area contributed by atoms with Gasteiger partial charge in [0.05, 0.1) is 0 Å². The van der Waals surface area contributed by atoms with Crippen molar-refractivity contribution in [2.45, 2.75) is 19.0 Å². The average Bonchev–Trinajstić information content (AvgIpc) is 2.39. The van der Waals surface area contributed by atoms with Crippen molar-refractivity contribution in [3.8, 4) is 0 Å². The first-order valence-corrected chi connectivity index (χ1v) is 9.46. The number of hydrogen-bond donors (Lipinski definition) is 4. The van der Waals surface area contributed by atoms with E-state index in [1.807, 2.05) is 0 Å². The molecule has 0 aliphatic rings. The predicted octanol–water partition coefficient (Wildman–Crippen LogP) is -1.78. The molecule has 18 heavy (non-hydrogen) atoms. The van der Waals surface area contributed by atoms with Crippen LogP contribution in [0.25, 0.3) is 0 Å². The fourth-order valence-electron chi connectivity index (χ4n) is 1.05.